The fraction of sp³-hybridized carbons (Fsp3) is 1.00. The van der Waals surface area contributed by atoms with E-state index in [2.05, 4.69) is 5.32 Å². The minimum Gasteiger partial charge on any atom is -0.394 e. The smallest absolute Gasteiger partial charge is 0.187 e. The van der Waals surface area contributed by atoms with Gasteiger partial charge in [-0.25, -0.2) is 0 Å². The number of aliphatic hydroxyl groups excluding tert-OH is 6. The molecule has 3 aliphatic rings. The number of rotatable bonds is 6. The Hall–Kier alpha value is -0.560. The molecule has 0 amide bonds. The number of ether oxygens (including phenoxy) is 4. The lowest BCUT2D eigenvalue weighted by Crippen LogP contribution is -2.69. The zero-order valence-electron chi connectivity index (χ0n) is 18.5. The normalized spacial score (nSPS) is 53.7. The molecule has 0 spiro atoms. The average molecular weight is 484 g/mol. The van der Waals surface area contributed by atoms with Crippen molar-refractivity contribution in [3.05, 3.63) is 0 Å². The van der Waals surface area contributed by atoms with Gasteiger partial charge in [-0.2, -0.15) is 0 Å². The van der Waals surface area contributed by atoms with Gasteiger partial charge >= 0.3 is 0 Å². The lowest BCUT2D eigenvalue weighted by atomic mass is 9.84. The summed E-state index contributed by atoms with van der Waals surface area (Å²) in [7, 11) is 1.56. The van der Waals surface area contributed by atoms with Crippen molar-refractivity contribution in [1.82, 2.24) is 5.32 Å². The zero-order chi connectivity index (χ0) is 24.7. The molecule has 0 radical (unpaired) electrons. The Balaban J connectivity index is 1.71. The quantitative estimate of drug-likeness (QED) is 0.169. The van der Waals surface area contributed by atoms with E-state index in [0.29, 0.717) is 0 Å². The molecule has 3 fully saturated rings. The average Bonchev–Trinajstić information content (AvgIpc) is 2.75. The first-order chi connectivity index (χ1) is 15.4. The van der Waals surface area contributed by atoms with Gasteiger partial charge in [0.05, 0.1) is 19.3 Å². The Labute approximate surface area is 191 Å². The van der Waals surface area contributed by atoms with E-state index in [4.69, 9.17) is 30.4 Å². The predicted molar refractivity (Wildman–Crippen MR) is 109 cm³/mol. The molecular formula is C19H37N3O11. The summed E-state index contributed by atoms with van der Waals surface area (Å²) >= 11 is 0. The van der Waals surface area contributed by atoms with Crippen LogP contribution in [-0.2, 0) is 18.9 Å². The highest BCUT2D eigenvalue weighted by atomic mass is 16.7. The van der Waals surface area contributed by atoms with Gasteiger partial charge in [0.15, 0.2) is 12.6 Å². The third kappa shape index (κ3) is 5.34. The first kappa shape index (κ1) is 27.0. The summed E-state index contributed by atoms with van der Waals surface area (Å²) in [4.78, 5) is 0. The van der Waals surface area contributed by atoms with Crippen LogP contribution in [0.3, 0.4) is 0 Å². The van der Waals surface area contributed by atoms with Crippen LogP contribution in [0.2, 0.25) is 0 Å². The molecule has 33 heavy (non-hydrogen) atoms. The Morgan fingerprint density at radius 3 is 2.03 bits per heavy atom. The first-order valence-electron chi connectivity index (χ1n) is 10.9. The number of hydrogen-bond acceptors (Lipinski definition) is 14. The highest BCUT2D eigenvalue weighted by Crippen LogP contribution is 2.31. The van der Waals surface area contributed by atoms with Gasteiger partial charge in [0.2, 0.25) is 0 Å². The largest absolute Gasteiger partial charge is 0.394 e. The molecule has 14 heteroatoms. The molecule has 2 heterocycles. The second-order valence-corrected chi connectivity index (χ2v) is 9.25. The summed E-state index contributed by atoms with van der Waals surface area (Å²) in [6.45, 7) is 0.703. The van der Waals surface area contributed by atoms with Gasteiger partial charge in [-0.05, 0) is 20.4 Å². The van der Waals surface area contributed by atoms with Crippen molar-refractivity contribution in [2.24, 2.45) is 11.5 Å². The van der Waals surface area contributed by atoms with E-state index in [1.165, 1.54) is 6.92 Å². The molecule has 12 N–H and O–H groups in total. The molecule has 0 bridgehead atoms. The summed E-state index contributed by atoms with van der Waals surface area (Å²) in [5.41, 5.74) is 10.9. The molecule has 0 aromatic rings. The molecule has 0 aromatic heterocycles. The zero-order valence-corrected chi connectivity index (χ0v) is 18.5. The van der Waals surface area contributed by atoms with Crippen LogP contribution in [0.1, 0.15) is 13.3 Å². The van der Waals surface area contributed by atoms with E-state index in [9.17, 15) is 35.7 Å². The van der Waals surface area contributed by atoms with Crippen molar-refractivity contribution in [2.75, 3.05) is 20.3 Å². The van der Waals surface area contributed by atoms with Crippen molar-refractivity contribution in [2.45, 2.75) is 98.5 Å². The van der Waals surface area contributed by atoms with Crippen molar-refractivity contribution in [3.8, 4) is 0 Å². The van der Waals surface area contributed by atoms with E-state index < -0.39 is 91.7 Å². The van der Waals surface area contributed by atoms with Gasteiger partial charge in [0.1, 0.15) is 54.4 Å². The van der Waals surface area contributed by atoms with Crippen LogP contribution >= 0.6 is 0 Å². The van der Waals surface area contributed by atoms with Crippen molar-refractivity contribution in [1.29, 1.82) is 0 Å². The van der Waals surface area contributed by atoms with Crippen LogP contribution in [0.4, 0.5) is 0 Å². The lowest BCUT2D eigenvalue weighted by molar-refractivity contribution is -0.333. The van der Waals surface area contributed by atoms with Crippen LogP contribution in [0.25, 0.3) is 0 Å². The number of hydrogen-bond donors (Lipinski definition) is 10. The van der Waals surface area contributed by atoms with Crippen molar-refractivity contribution in [3.63, 3.8) is 0 Å². The lowest BCUT2D eigenvalue weighted by Gasteiger charge is -2.48. The molecule has 2 saturated heterocycles. The summed E-state index contributed by atoms with van der Waals surface area (Å²) in [6, 6.07) is -2.36. The molecule has 1 aliphatic carbocycles. The molecule has 14 nitrogen and oxygen atoms in total. The molecule has 0 aromatic carbocycles. The minimum absolute atomic E-state index is 0.125. The van der Waals surface area contributed by atoms with Gasteiger partial charge in [0, 0.05) is 12.1 Å². The maximum atomic E-state index is 11.0. The number of aliphatic hydroxyl groups is 7. The summed E-state index contributed by atoms with van der Waals surface area (Å²) < 4.78 is 22.3. The maximum absolute atomic E-state index is 11.0. The third-order valence-corrected chi connectivity index (χ3v) is 6.63. The first-order valence-corrected chi connectivity index (χ1v) is 10.9. The Morgan fingerprint density at radius 1 is 0.909 bits per heavy atom. The van der Waals surface area contributed by atoms with Gasteiger partial charge in [-0.15, -0.1) is 0 Å². The second kappa shape index (κ2) is 10.6. The maximum Gasteiger partial charge on any atom is 0.187 e. The van der Waals surface area contributed by atoms with E-state index in [-0.39, 0.29) is 13.0 Å². The topological polar surface area (TPSA) is 243 Å². The SMILES string of the molecule is CN[C@@H]1[C@@H](O)[C@@H](O[C@@H]2[C@@H](O)[C@H](O[C@H]3O[C@H](CO)[C@@H](O)[C@H](O)[C@H]3O)[C@@H](N)C[C@H]2N)OC[C@]1(C)O. The van der Waals surface area contributed by atoms with Crippen LogP contribution in [0.5, 0.6) is 0 Å². The van der Waals surface area contributed by atoms with Crippen LogP contribution in [-0.4, -0.2) is 141 Å². The summed E-state index contributed by atoms with van der Waals surface area (Å²) in [5.74, 6) is 0. The summed E-state index contributed by atoms with van der Waals surface area (Å²) in [6.07, 6.45) is -13.8. The van der Waals surface area contributed by atoms with Crippen LogP contribution in [0.15, 0.2) is 0 Å². The molecule has 3 rings (SSSR count). The second-order valence-electron chi connectivity index (χ2n) is 9.25. The van der Waals surface area contributed by atoms with Crippen molar-refractivity contribution < 1.29 is 54.7 Å². The Bertz CT molecular complexity index is 644. The van der Waals surface area contributed by atoms with E-state index in [1.54, 1.807) is 7.05 Å². The summed E-state index contributed by atoms with van der Waals surface area (Å²) in [5, 5.41) is 74.3. The third-order valence-electron chi connectivity index (χ3n) is 6.63. The fourth-order valence-electron chi connectivity index (χ4n) is 4.69. The van der Waals surface area contributed by atoms with Gasteiger partial charge < -0.3 is 71.5 Å². The Morgan fingerprint density at radius 2 is 1.48 bits per heavy atom. The van der Waals surface area contributed by atoms with Crippen LogP contribution < -0.4 is 16.8 Å². The standard InChI is InChI=1S/C19H37N3O11/c1-19(29)5-30-17(13(28)16(19)22-2)32-14-6(20)3-7(21)15(12(14)27)33-18-11(26)10(25)9(24)8(4-23)31-18/h6-18,22-29H,3-5,20-21H2,1-2H3/t6-,7+,8-,9-,10+,11-,12-,13-,14+,15-,16-,17-,18-,19+/m1/s1. The monoisotopic (exact) mass is 483 g/mol. The number of nitrogens with one attached hydrogen (secondary N) is 1. The number of likely N-dealkylation sites (N-methyl/N-ethyl adjacent to an activating group) is 1. The van der Waals surface area contributed by atoms with Gasteiger partial charge in [-0.3, -0.25) is 0 Å². The van der Waals surface area contributed by atoms with Gasteiger partial charge in [0.25, 0.3) is 0 Å². The molecular weight excluding hydrogens is 446 g/mol. The van der Waals surface area contributed by atoms with Crippen LogP contribution in [0, 0.1) is 0 Å². The molecule has 194 valence electrons. The highest BCUT2D eigenvalue weighted by Gasteiger charge is 2.52. The fourth-order valence-corrected chi connectivity index (χ4v) is 4.69. The molecule has 2 aliphatic heterocycles. The Kier molecular flexibility index (Phi) is 8.68. The minimum atomic E-state index is -1.68. The van der Waals surface area contributed by atoms with E-state index >= 15 is 0 Å². The molecule has 0 unspecified atom stereocenters. The van der Waals surface area contributed by atoms with E-state index in [0.717, 1.165) is 0 Å². The van der Waals surface area contributed by atoms with E-state index in [1.807, 2.05) is 0 Å². The van der Waals surface area contributed by atoms with Gasteiger partial charge in [-0.1, -0.05) is 0 Å². The molecule has 14 atom stereocenters. The highest BCUT2D eigenvalue weighted by molar-refractivity contribution is 5.02. The van der Waals surface area contributed by atoms with Crippen molar-refractivity contribution >= 4 is 0 Å². The predicted octanol–water partition coefficient (Wildman–Crippen LogP) is -5.97. The molecule has 1 saturated carbocycles. The number of nitrogens with two attached hydrogens (primary N) is 2.